The van der Waals surface area contributed by atoms with Crippen molar-refractivity contribution < 1.29 is 52.8 Å². The van der Waals surface area contributed by atoms with Gasteiger partial charge >= 0.3 is 30.1 Å². The number of carboxylic acid groups (broad SMARTS) is 4. The Morgan fingerprint density at radius 2 is 1.14 bits per heavy atom. The van der Waals surface area contributed by atoms with E-state index in [2.05, 4.69) is 0 Å². The third-order valence-electron chi connectivity index (χ3n) is 5.77. The van der Waals surface area contributed by atoms with Gasteiger partial charge in [0.1, 0.15) is 0 Å². The van der Waals surface area contributed by atoms with Crippen molar-refractivity contribution in [3.8, 4) is 0 Å². The lowest BCUT2D eigenvalue weighted by Crippen LogP contribution is -2.38. The molecule has 2 aromatic carbocycles. The number of carboxylic acids is 4. The fraction of sp³-hybridized carbons (Fsp3) is 0.167. The molecule has 0 fully saturated rings. The number of hydrogen-bond donors (Lipinski definition) is 4. The Morgan fingerprint density at radius 3 is 1.51 bits per heavy atom. The van der Waals surface area contributed by atoms with Crippen LogP contribution in [0.3, 0.4) is 0 Å². The number of benzene rings is 2. The summed E-state index contributed by atoms with van der Waals surface area (Å²) in [7, 11) is 0. The summed E-state index contributed by atoms with van der Waals surface area (Å²) in [5.41, 5.74) is -4.43. The molecule has 0 bridgehead atoms. The molecule has 2 aromatic rings. The van der Waals surface area contributed by atoms with Gasteiger partial charge in [0.25, 0.3) is 0 Å². The van der Waals surface area contributed by atoms with E-state index in [-0.39, 0.29) is 11.1 Å². The highest BCUT2D eigenvalue weighted by molar-refractivity contribution is 6.03. The first-order chi connectivity index (χ1) is 16.3. The van der Waals surface area contributed by atoms with Crippen LogP contribution in [0.5, 0.6) is 0 Å². The molecule has 1 aliphatic rings. The first kappa shape index (κ1) is 25.2. The highest BCUT2D eigenvalue weighted by Gasteiger charge is 2.46. The van der Waals surface area contributed by atoms with Gasteiger partial charge in [-0.1, -0.05) is 36.4 Å². The first-order valence-corrected chi connectivity index (χ1v) is 9.93. The molecule has 0 saturated heterocycles. The van der Waals surface area contributed by atoms with E-state index in [1.165, 1.54) is 24.3 Å². The van der Waals surface area contributed by atoms with Crippen LogP contribution >= 0.6 is 0 Å². The van der Waals surface area contributed by atoms with Gasteiger partial charge in [-0.2, -0.15) is 13.2 Å². The molecular weight excluding hydrogens is 473 g/mol. The van der Waals surface area contributed by atoms with E-state index in [1.54, 1.807) is 0 Å². The van der Waals surface area contributed by atoms with Crippen LogP contribution in [0, 0.1) is 5.92 Å². The van der Waals surface area contributed by atoms with Crippen LogP contribution in [-0.2, 0) is 5.41 Å². The van der Waals surface area contributed by atoms with E-state index in [0.29, 0.717) is 0 Å². The molecule has 1 aliphatic carbocycles. The summed E-state index contributed by atoms with van der Waals surface area (Å²) in [5.74, 6) is -7.79. The molecular formula is C24H17F3O8. The quantitative estimate of drug-likeness (QED) is 0.444. The van der Waals surface area contributed by atoms with Crippen LogP contribution in [0.1, 0.15) is 59.0 Å². The fourth-order valence-corrected chi connectivity index (χ4v) is 4.28. The minimum atomic E-state index is -4.68. The van der Waals surface area contributed by atoms with E-state index >= 15 is 0 Å². The Hall–Kier alpha value is -4.41. The first-order valence-electron chi connectivity index (χ1n) is 9.93. The Balaban J connectivity index is 2.40. The second-order valence-electron chi connectivity index (χ2n) is 7.78. The van der Waals surface area contributed by atoms with Crippen LogP contribution in [-0.4, -0.2) is 50.5 Å². The fourth-order valence-electron chi connectivity index (χ4n) is 4.28. The molecule has 11 heteroatoms. The zero-order valence-electron chi connectivity index (χ0n) is 17.6. The summed E-state index contributed by atoms with van der Waals surface area (Å²) >= 11 is 0. The highest BCUT2D eigenvalue weighted by Crippen LogP contribution is 2.48. The van der Waals surface area contributed by atoms with Gasteiger partial charge in [0.15, 0.2) is 0 Å². The average Bonchev–Trinajstić information content (AvgIpc) is 2.77. The third-order valence-corrected chi connectivity index (χ3v) is 5.77. The molecule has 8 nitrogen and oxygen atoms in total. The largest absolute Gasteiger partial charge is 0.478 e. The molecule has 3 rings (SSSR count). The lowest BCUT2D eigenvalue weighted by molar-refractivity contribution is -0.143. The van der Waals surface area contributed by atoms with E-state index < -0.39 is 70.1 Å². The number of allylic oxidation sites excluding steroid dienone is 4. The van der Waals surface area contributed by atoms with E-state index in [0.717, 1.165) is 36.4 Å². The number of aromatic carboxylic acids is 4. The lowest BCUT2D eigenvalue weighted by atomic mass is 9.62. The Labute approximate surface area is 195 Å². The van der Waals surface area contributed by atoms with Crippen LogP contribution < -0.4 is 0 Å². The van der Waals surface area contributed by atoms with Gasteiger partial charge in [0, 0.05) is 11.3 Å². The van der Waals surface area contributed by atoms with Crippen molar-refractivity contribution in [3.05, 3.63) is 94.1 Å². The van der Waals surface area contributed by atoms with Crippen molar-refractivity contribution in [2.45, 2.75) is 18.0 Å². The number of carbonyl (C=O) groups is 4. The summed E-state index contributed by atoms with van der Waals surface area (Å²) in [6.07, 6.45) is -0.776. The third kappa shape index (κ3) is 4.79. The zero-order valence-corrected chi connectivity index (χ0v) is 17.6. The Bertz CT molecular complexity index is 1210. The Morgan fingerprint density at radius 1 is 0.714 bits per heavy atom. The van der Waals surface area contributed by atoms with Crippen LogP contribution in [0.15, 0.2) is 60.7 Å². The normalized spacial score (nSPS) is 16.6. The van der Waals surface area contributed by atoms with Crippen molar-refractivity contribution in [3.63, 3.8) is 0 Å². The molecule has 4 N–H and O–H groups in total. The molecule has 35 heavy (non-hydrogen) atoms. The number of alkyl halides is 3. The average molecular weight is 490 g/mol. The molecule has 0 spiro atoms. The van der Waals surface area contributed by atoms with Crippen LogP contribution in [0.25, 0.3) is 0 Å². The van der Waals surface area contributed by atoms with E-state index in [9.17, 15) is 52.8 Å². The molecule has 1 atom stereocenters. The monoisotopic (exact) mass is 490 g/mol. The molecule has 182 valence electrons. The molecule has 0 heterocycles. The Kier molecular flexibility index (Phi) is 6.55. The maximum atomic E-state index is 13.6. The van der Waals surface area contributed by atoms with Gasteiger partial charge in [-0.05, 0) is 35.4 Å². The summed E-state index contributed by atoms with van der Waals surface area (Å²) < 4.78 is 40.7. The molecule has 0 aliphatic heterocycles. The van der Waals surface area contributed by atoms with Gasteiger partial charge in [-0.15, -0.1) is 0 Å². The highest BCUT2D eigenvalue weighted by atomic mass is 19.4. The predicted molar refractivity (Wildman–Crippen MR) is 114 cm³/mol. The van der Waals surface area contributed by atoms with Gasteiger partial charge in [-0.3, -0.25) is 0 Å². The smallest absolute Gasteiger partial charge is 0.389 e. The number of halogens is 3. The van der Waals surface area contributed by atoms with Crippen LogP contribution in [0.4, 0.5) is 13.2 Å². The topological polar surface area (TPSA) is 149 Å². The minimum Gasteiger partial charge on any atom is -0.478 e. The summed E-state index contributed by atoms with van der Waals surface area (Å²) in [4.78, 5) is 46.5. The summed E-state index contributed by atoms with van der Waals surface area (Å²) in [5, 5.41) is 37.7. The lowest BCUT2D eigenvalue weighted by Gasteiger charge is -2.41. The van der Waals surface area contributed by atoms with Gasteiger partial charge < -0.3 is 20.4 Å². The molecule has 0 amide bonds. The van der Waals surface area contributed by atoms with Crippen molar-refractivity contribution in [1.82, 2.24) is 0 Å². The van der Waals surface area contributed by atoms with Crippen molar-refractivity contribution >= 4 is 23.9 Å². The maximum absolute atomic E-state index is 13.6. The number of rotatable bonds is 7. The second kappa shape index (κ2) is 9.09. The molecule has 0 radical (unpaired) electrons. The summed E-state index contributed by atoms with van der Waals surface area (Å²) in [6.45, 7) is 0. The van der Waals surface area contributed by atoms with Gasteiger partial charge in [0.2, 0.25) is 0 Å². The molecule has 1 unspecified atom stereocenters. The predicted octanol–water partition coefficient (Wildman–Crippen LogP) is 4.46. The van der Waals surface area contributed by atoms with Gasteiger partial charge in [0.05, 0.1) is 28.7 Å². The van der Waals surface area contributed by atoms with Crippen molar-refractivity contribution in [1.29, 1.82) is 0 Å². The van der Waals surface area contributed by atoms with Gasteiger partial charge in [-0.25, -0.2) is 19.2 Å². The molecule has 0 aromatic heterocycles. The van der Waals surface area contributed by atoms with E-state index in [4.69, 9.17) is 0 Å². The zero-order chi connectivity index (χ0) is 26.1. The summed E-state index contributed by atoms with van der Waals surface area (Å²) in [6, 6.07) is 6.09. The van der Waals surface area contributed by atoms with E-state index in [1.807, 2.05) is 0 Å². The maximum Gasteiger partial charge on any atom is 0.389 e. The van der Waals surface area contributed by atoms with Crippen LogP contribution in [0.2, 0.25) is 0 Å². The van der Waals surface area contributed by atoms with Crippen molar-refractivity contribution in [2.24, 2.45) is 5.92 Å². The van der Waals surface area contributed by atoms with Crippen molar-refractivity contribution in [2.75, 3.05) is 0 Å². The minimum absolute atomic E-state index is 0.0471. The SMILES string of the molecule is O=C(O)c1ccc(C2(c3ccc(C(=O)O)c(C(=O)O)c3)C=CC=CC2CC(F)(F)F)cc1C(=O)O. The second-order valence-corrected chi connectivity index (χ2v) is 7.78. The number of hydrogen-bond acceptors (Lipinski definition) is 4. The molecule has 0 saturated carbocycles. The standard InChI is InChI=1S/C24H17F3O8/c25-24(26,27)11-14-3-1-2-8-23(14,12-4-6-15(19(28)29)17(9-12)21(32)33)13-5-7-16(20(30)31)18(10-13)22(34)35/h1-10,14H,11H2,(H,28,29)(H,30,31)(H,32,33)(H,34,35).